The molecule has 0 radical (unpaired) electrons. The number of dihydropyridines is 1. The van der Waals surface area contributed by atoms with E-state index in [4.69, 9.17) is 9.47 Å². The van der Waals surface area contributed by atoms with Crippen molar-refractivity contribution in [3.63, 3.8) is 0 Å². The van der Waals surface area contributed by atoms with Gasteiger partial charge in [-0.25, -0.2) is 0 Å². The zero-order valence-electron chi connectivity index (χ0n) is 21.0. The molecule has 5 rings (SSSR count). The van der Waals surface area contributed by atoms with Gasteiger partial charge in [-0.3, -0.25) is 29.8 Å². The Morgan fingerprint density at radius 2 is 1.56 bits per heavy atom. The second kappa shape index (κ2) is 10.6. The van der Waals surface area contributed by atoms with Crippen LogP contribution in [0.15, 0.2) is 57.3 Å². The number of nitro benzene ring substituents is 2. The quantitative estimate of drug-likeness (QED) is 0.292. The fourth-order valence-corrected chi connectivity index (χ4v) is 5.93. The van der Waals surface area contributed by atoms with Gasteiger partial charge in [-0.15, -0.1) is 0 Å². The number of allylic oxidation sites excluding steroid dienone is 4. The maximum Gasteiger partial charge on any atom is 0.318 e. The van der Waals surface area contributed by atoms with Crippen molar-refractivity contribution in [2.45, 2.75) is 51.4 Å². The van der Waals surface area contributed by atoms with Gasteiger partial charge in [0, 0.05) is 47.4 Å². The van der Waals surface area contributed by atoms with Crippen LogP contribution in [0.4, 0.5) is 11.4 Å². The standard InChI is InChI=1S/C27H24BrN3O8/c1-2-38-23-12-14(11-16(28)27(23)39-22-10-9-15(30(34)35)13-19(22)31(36)37)24-25-17(5-3-7-20(25)32)29-18-6-4-8-21(33)26(18)24/h9-13,24,29H,2-8H2,1H3. The van der Waals surface area contributed by atoms with E-state index in [1.165, 1.54) is 0 Å². The number of non-ortho nitro benzene ring substituents is 1. The monoisotopic (exact) mass is 597 g/mol. The summed E-state index contributed by atoms with van der Waals surface area (Å²) < 4.78 is 12.2. The summed E-state index contributed by atoms with van der Waals surface area (Å²) >= 11 is 3.50. The van der Waals surface area contributed by atoms with Crippen LogP contribution in [-0.4, -0.2) is 28.0 Å². The molecule has 202 valence electrons. The van der Waals surface area contributed by atoms with E-state index in [9.17, 15) is 29.8 Å². The molecule has 0 saturated heterocycles. The highest BCUT2D eigenvalue weighted by molar-refractivity contribution is 9.10. The highest BCUT2D eigenvalue weighted by Crippen LogP contribution is 2.49. The van der Waals surface area contributed by atoms with Crippen LogP contribution in [0.5, 0.6) is 17.2 Å². The van der Waals surface area contributed by atoms with Crippen LogP contribution in [0.2, 0.25) is 0 Å². The molecule has 3 aliphatic rings. The third kappa shape index (κ3) is 4.91. The van der Waals surface area contributed by atoms with E-state index < -0.39 is 27.1 Å². The molecule has 1 heterocycles. The zero-order chi connectivity index (χ0) is 27.8. The molecule has 39 heavy (non-hydrogen) atoms. The highest BCUT2D eigenvalue weighted by Gasteiger charge is 2.40. The second-order valence-corrected chi connectivity index (χ2v) is 10.3. The molecule has 0 spiro atoms. The van der Waals surface area contributed by atoms with Crippen molar-refractivity contribution in [3.05, 3.63) is 83.1 Å². The number of ketones is 2. The van der Waals surface area contributed by atoms with Gasteiger partial charge in [-0.2, -0.15) is 0 Å². The fourth-order valence-electron chi connectivity index (χ4n) is 5.39. The lowest BCUT2D eigenvalue weighted by atomic mass is 9.71. The van der Waals surface area contributed by atoms with E-state index in [-0.39, 0.29) is 35.4 Å². The van der Waals surface area contributed by atoms with E-state index >= 15 is 0 Å². The van der Waals surface area contributed by atoms with Crippen molar-refractivity contribution in [2.75, 3.05) is 6.61 Å². The van der Waals surface area contributed by atoms with Crippen LogP contribution in [0.25, 0.3) is 0 Å². The molecular formula is C27H24BrN3O8. The number of hydrogen-bond acceptors (Lipinski definition) is 9. The molecule has 0 unspecified atom stereocenters. The molecular weight excluding hydrogens is 574 g/mol. The van der Waals surface area contributed by atoms with E-state index in [1.807, 2.05) is 0 Å². The Balaban J connectivity index is 1.63. The Hall–Kier alpha value is -4.06. The van der Waals surface area contributed by atoms with E-state index in [0.29, 0.717) is 46.9 Å². The number of carbonyl (C=O) groups is 2. The van der Waals surface area contributed by atoms with Crippen LogP contribution in [0.1, 0.15) is 56.9 Å². The number of carbonyl (C=O) groups excluding carboxylic acids is 2. The molecule has 1 aliphatic heterocycles. The summed E-state index contributed by atoms with van der Waals surface area (Å²) in [5, 5.41) is 26.2. The first kappa shape index (κ1) is 26.5. The van der Waals surface area contributed by atoms with Gasteiger partial charge in [-0.05, 0) is 72.3 Å². The predicted molar refractivity (Wildman–Crippen MR) is 143 cm³/mol. The molecule has 0 bridgehead atoms. The number of nitro groups is 2. The minimum absolute atomic E-state index is 0.00501. The number of Topliss-reactive ketones (excluding diaryl/α,β-unsaturated/α-hetero) is 2. The molecule has 0 saturated carbocycles. The van der Waals surface area contributed by atoms with Gasteiger partial charge in [0.25, 0.3) is 5.69 Å². The van der Waals surface area contributed by atoms with Crippen molar-refractivity contribution in [1.29, 1.82) is 0 Å². The molecule has 0 aromatic heterocycles. The third-order valence-corrected chi connectivity index (χ3v) is 7.61. The van der Waals surface area contributed by atoms with Gasteiger partial charge < -0.3 is 14.8 Å². The number of hydrogen-bond donors (Lipinski definition) is 1. The Morgan fingerprint density at radius 1 is 0.923 bits per heavy atom. The Morgan fingerprint density at radius 3 is 2.13 bits per heavy atom. The third-order valence-electron chi connectivity index (χ3n) is 7.02. The molecule has 11 nitrogen and oxygen atoms in total. The molecule has 2 aromatic carbocycles. The summed E-state index contributed by atoms with van der Waals surface area (Å²) in [7, 11) is 0. The Kier molecular flexibility index (Phi) is 7.21. The Labute approximate surface area is 231 Å². The highest BCUT2D eigenvalue weighted by atomic mass is 79.9. The number of halogens is 1. The van der Waals surface area contributed by atoms with Gasteiger partial charge in [0.1, 0.15) is 0 Å². The Bertz CT molecular complexity index is 1450. The summed E-state index contributed by atoms with van der Waals surface area (Å²) in [4.78, 5) is 47.6. The minimum Gasteiger partial charge on any atom is -0.490 e. The summed E-state index contributed by atoms with van der Waals surface area (Å²) in [5.74, 6) is -0.426. The first-order valence-corrected chi connectivity index (χ1v) is 13.3. The maximum atomic E-state index is 13.2. The smallest absolute Gasteiger partial charge is 0.318 e. The van der Waals surface area contributed by atoms with Gasteiger partial charge in [0.2, 0.25) is 5.75 Å². The number of benzene rings is 2. The minimum atomic E-state index is -0.759. The summed E-state index contributed by atoms with van der Waals surface area (Å²) in [6.07, 6.45) is 3.71. The van der Waals surface area contributed by atoms with Gasteiger partial charge in [-0.1, -0.05) is 0 Å². The van der Waals surface area contributed by atoms with Crippen molar-refractivity contribution < 1.29 is 28.9 Å². The molecule has 0 fully saturated rings. The first-order valence-electron chi connectivity index (χ1n) is 12.6. The first-order chi connectivity index (χ1) is 18.7. The second-order valence-electron chi connectivity index (χ2n) is 9.43. The lowest BCUT2D eigenvalue weighted by Crippen LogP contribution is -2.36. The van der Waals surface area contributed by atoms with E-state index in [2.05, 4.69) is 21.2 Å². The number of nitrogens with zero attached hydrogens (tertiary/aromatic N) is 2. The predicted octanol–water partition coefficient (Wildman–Crippen LogP) is 6.16. The number of nitrogens with one attached hydrogen (secondary N) is 1. The van der Waals surface area contributed by atoms with Crippen LogP contribution in [-0.2, 0) is 9.59 Å². The summed E-state index contributed by atoms with van der Waals surface area (Å²) in [5.41, 5.74) is 2.51. The topological polar surface area (TPSA) is 151 Å². The molecule has 0 amide bonds. The fraction of sp³-hybridized carbons (Fsp3) is 0.333. The van der Waals surface area contributed by atoms with Crippen molar-refractivity contribution in [3.8, 4) is 17.2 Å². The van der Waals surface area contributed by atoms with Gasteiger partial charge >= 0.3 is 5.69 Å². The van der Waals surface area contributed by atoms with Crippen molar-refractivity contribution in [2.24, 2.45) is 0 Å². The van der Waals surface area contributed by atoms with Crippen molar-refractivity contribution >= 4 is 38.9 Å². The summed E-state index contributed by atoms with van der Waals surface area (Å²) in [6.45, 7) is 2.00. The van der Waals surface area contributed by atoms with Gasteiger partial charge in [0.05, 0.1) is 27.0 Å². The van der Waals surface area contributed by atoms with Crippen molar-refractivity contribution in [1.82, 2.24) is 5.32 Å². The lowest BCUT2D eigenvalue weighted by molar-refractivity contribution is -0.394. The SMILES string of the molecule is CCOc1cc(C2C3=C(CCCC3=O)NC3=C2C(=O)CCC3)cc(Br)c1Oc1ccc([N+](=O)[O-])cc1[N+](=O)[O-]. The average molecular weight is 598 g/mol. The lowest BCUT2D eigenvalue weighted by Gasteiger charge is -2.37. The maximum absolute atomic E-state index is 13.2. The molecule has 0 atom stereocenters. The van der Waals surface area contributed by atoms with Crippen LogP contribution < -0.4 is 14.8 Å². The van der Waals surface area contributed by atoms with E-state index in [1.54, 1.807) is 19.1 Å². The normalized spacial score (nSPS) is 17.4. The average Bonchev–Trinajstić information content (AvgIpc) is 2.89. The van der Waals surface area contributed by atoms with Gasteiger partial charge in [0.15, 0.2) is 23.1 Å². The summed E-state index contributed by atoms with van der Waals surface area (Å²) in [6, 6.07) is 6.53. The largest absolute Gasteiger partial charge is 0.490 e. The zero-order valence-corrected chi connectivity index (χ0v) is 22.5. The number of ether oxygens (including phenoxy) is 2. The van der Waals surface area contributed by atoms with Crippen LogP contribution in [0.3, 0.4) is 0 Å². The number of rotatable bonds is 7. The van der Waals surface area contributed by atoms with Crippen LogP contribution >= 0.6 is 15.9 Å². The molecule has 2 aromatic rings. The molecule has 2 aliphatic carbocycles. The molecule has 1 N–H and O–H groups in total. The van der Waals surface area contributed by atoms with E-state index in [0.717, 1.165) is 42.4 Å². The molecule has 12 heteroatoms. The van der Waals surface area contributed by atoms with Crippen LogP contribution in [0, 0.1) is 20.2 Å².